The Morgan fingerprint density at radius 2 is 2.00 bits per heavy atom. The first-order valence-electron chi connectivity index (χ1n) is 6.91. The molecule has 0 radical (unpaired) electrons. The molecule has 23 heavy (non-hydrogen) atoms. The van der Waals surface area contributed by atoms with Crippen molar-refractivity contribution in [2.45, 2.75) is 11.8 Å². The molecule has 0 spiro atoms. The van der Waals surface area contributed by atoms with Crippen molar-refractivity contribution >= 4 is 23.4 Å². The van der Waals surface area contributed by atoms with E-state index in [1.54, 1.807) is 18.7 Å². The number of nitrogens with zero attached hydrogens (tertiary/aromatic N) is 4. The summed E-state index contributed by atoms with van der Waals surface area (Å²) >= 11 is 1.44. The lowest BCUT2D eigenvalue weighted by Crippen LogP contribution is -2.09. The Morgan fingerprint density at radius 1 is 1.22 bits per heavy atom. The molecule has 0 fully saturated rings. The molecule has 0 bridgehead atoms. The summed E-state index contributed by atoms with van der Waals surface area (Å²) in [6.07, 6.45) is 1.90. The Morgan fingerprint density at radius 3 is 2.70 bits per heavy atom. The summed E-state index contributed by atoms with van der Waals surface area (Å²) in [6, 6.07) is 7.64. The third kappa shape index (κ3) is 2.71. The minimum atomic E-state index is 0.315. The zero-order chi connectivity index (χ0) is 16.4. The van der Waals surface area contributed by atoms with Crippen molar-refractivity contribution in [3.05, 3.63) is 30.0 Å². The zero-order valence-electron chi connectivity index (χ0n) is 13.1. The van der Waals surface area contributed by atoms with Gasteiger partial charge in [-0.05, 0) is 12.3 Å². The Balaban J connectivity index is 2.32. The highest BCUT2D eigenvalue weighted by molar-refractivity contribution is 7.98. The molecule has 3 aromatic rings. The summed E-state index contributed by atoms with van der Waals surface area (Å²) in [5, 5.41) is 4.99. The number of aromatic nitrogens is 4. The molecule has 2 heterocycles. The fraction of sp³-hybridized carbons (Fsp3) is 0.267. The molecule has 0 unspecified atom stereocenters. The van der Waals surface area contributed by atoms with E-state index in [0.29, 0.717) is 34.8 Å². The summed E-state index contributed by atoms with van der Waals surface area (Å²) < 4.78 is 12.3. The fourth-order valence-electron chi connectivity index (χ4n) is 2.42. The number of fused-ring (bicyclic) bond motifs is 1. The highest BCUT2D eigenvalue weighted by Crippen LogP contribution is 2.36. The van der Waals surface area contributed by atoms with E-state index in [9.17, 15) is 0 Å². The van der Waals surface area contributed by atoms with E-state index >= 15 is 0 Å². The molecule has 0 saturated carbocycles. The lowest BCUT2D eigenvalue weighted by atomic mass is 10.0. The second-order valence-electron chi connectivity index (χ2n) is 4.76. The van der Waals surface area contributed by atoms with Crippen LogP contribution < -0.4 is 10.5 Å². The number of benzene rings is 1. The second-order valence-corrected chi connectivity index (χ2v) is 5.54. The SMILES string of the molecule is COCc1nc2nc(SC)nn2c(N)c1-c1ccccc1OC. The van der Waals surface area contributed by atoms with Crippen molar-refractivity contribution in [3.63, 3.8) is 0 Å². The van der Waals surface area contributed by atoms with Gasteiger partial charge in [-0.3, -0.25) is 0 Å². The van der Waals surface area contributed by atoms with Crippen LogP contribution in [0.1, 0.15) is 5.69 Å². The molecule has 0 aliphatic carbocycles. The lowest BCUT2D eigenvalue weighted by molar-refractivity contribution is 0.182. The van der Waals surface area contributed by atoms with Crippen LogP contribution in [0.2, 0.25) is 0 Å². The molecule has 0 atom stereocenters. The Hall–Kier alpha value is -2.32. The van der Waals surface area contributed by atoms with E-state index in [0.717, 1.165) is 11.1 Å². The predicted octanol–water partition coefficient (Wildman–Crippen LogP) is 2.25. The average Bonchev–Trinajstić information content (AvgIpc) is 2.99. The Labute approximate surface area is 137 Å². The first kappa shape index (κ1) is 15.6. The van der Waals surface area contributed by atoms with Gasteiger partial charge in [-0.2, -0.15) is 9.50 Å². The molecule has 2 aromatic heterocycles. The molecule has 1 aromatic carbocycles. The van der Waals surface area contributed by atoms with Crippen LogP contribution in [0.25, 0.3) is 16.9 Å². The van der Waals surface area contributed by atoms with Crippen molar-refractivity contribution in [2.24, 2.45) is 0 Å². The summed E-state index contributed by atoms with van der Waals surface area (Å²) in [4.78, 5) is 8.91. The molecule has 0 aliphatic heterocycles. The third-order valence-electron chi connectivity index (χ3n) is 3.42. The minimum Gasteiger partial charge on any atom is -0.496 e. The number of para-hydroxylation sites is 1. The van der Waals surface area contributed by atoms with Gasteiger partial charge in [-0.1, -0.05) is 30.0 Å². The van der Waals surface area contributed by atoms with E-state index in [2.05, 4.69) is 15.1 Å². The van der Waals surface area contributed by atoms with Crippen LogP contribution in [0.5, 0.6) is 5.75 Å². The third-order valence-corrected chi connectivity index (χ3v) is 3.96. The van der Waals surface area contributed by atoms with Crippen molar-refractivity contribution in [2.75, 3.05) is 26.2 Å². The number of hydrogen-bond acceptors (Lipinski definition) is 7. The number of methoxy groups -OCH3 is 2. The molecular weight excluding hydrogens is 314 g/mol. The highest BCUT2D eigenvalue weighted by atomic mass is 32.2. The number of ether oxygens (including phenoxy) is 2. The number of nitrogen functional groups attached to an aromatic ring is 1. The quantitative estimate of drug-likeness (QED) is 0.717. The number of rotatable bonds is 5. The van der Waals surface area contributed by atoms with Gasteiger partial charge in [-0.25, -0.2) is 4.98 Å². The number of thioether (sulfide) groups is 1. The van der Waals surface area contributed by atoms with Gasteiger partial charge in [0.15, 0.2) is 0 Å². The van der Waals surface area contributed by atoms with Crippen molar-refractivity contribution < 1.29 is 9.47 Å². The van der Waals surface area contributed by atoms with Crippen LogP contribution in [0.3, 0.4) is 0 Å². The van der Waals surface area contributed by atoms with Crippen LogP contribution in [0.4, 0.5) is 5.82 Å². The largest absolute Gasteiger partial charge is 0.496 e. The first-order chi connectivity index (χ1) is 11.2. The number of hydrogen-bond donors (Lipinski definition) is 1. The summed E-state index contributed by atoms with van der Waals surface area (Å²) in [6.45, 7) is 0.315. The van der Waals surface area contributed by atoms with E-state index in [1.165, 1.54) is 11.8 Å². The monoisotopic (exact) mass is 331 g/mol. The van der Waals surface area contributed by atoms with Gasteiger partial charge < -0.3 is 15.2 Å². The van der Waals surface area contributed by atoms with Crippen LogP contribution >= 0.6 is 11.8 Å². The van der Waals surface area contributed by atoms with Crippen LogP contribution in [0.15, 0.2) is 29.4 Å². The average molecular weight is 331 g/mol. The van der Waals surface area contributed by atoms with E-state index in [4.69, 9.17) is 15.2 Å². The highest BCUT2D eigenvalue weighted by Gasteiger charge is 2.20. The van der Waals surface area contributed by atoms with Crippen molar-refractivity contribution in [1.82, 2.24) is 19.6 Å². The van der Waals surface area contributed by atoms with Crippen LogP contribution in [-0.2, 0) is 11.3 Å². The van der Waals surface area contributed by atoms with E-state index in [1.807, 2.05) is 30.5 Å². The maximum absolute atomic E-state index is 6.37. The van der Waals surface area contributed by atoms with Crippen LogP contribution in [-0.4, -0.2) is 40.1 Å². The van der Waals surface area contributed by atoms with Gasteiger partial charge in [0.05, 0.1) is 25.0 Å². The zero-order valence-corrected chi connectivity index (χ0v) is 13.9. The normalized spacial score (nSPS) is 11.1. The Bertz CT molecular complexity index is 849. The number of anilines is 1. The molecule has 7 nitrogen and oxygen atoms in total. The molecule has 3 rings (SSSR count). The van der Waals surface area contributed by atoms with Crippen LogP contribution in [0, 0.1) is 0 Å². The molecule has 120 valence electrons. The topological polar surface area (TPSA) is 87.6 Å². The number of nitrogens with two attached hydrogens (primary N) is 1. The maximum Gasteiger partial charge on any atom is 0.255 e. The summed E-state index contributed by atoms with van der Waals surface area (Å²) in [5.74, 6) is 1.62. The van der Waals surface area contributed by atoms with Crippen molar-refractivity contribution in [3.8, 4) is 16.9 Å². The summed E-state index contributed by atoms with van der Waals surface area (Å²) in [7, 11) is 3.24. The molecule has 2 N–H and O–H groups in total. The Kier molecular flexibility index (Phi) is 4.35. The van der Waals surface area contributed by atoms with E-state index < -0.39 is 0 Å². The molecule has 8 heteroatoms. The lowest BCUT2D eigenvalue weighted by Gasteiger charge is -2.14. The summed E-state index contributed by atoms with van der Waals surface area (Å²) in [5.41, 5.74) is 8.66. The van der Waals surface area contributed by atoms with Gasteiger partial charge in [-0.15, -0.1) is 5.10 Å². The van der Waals surface area contributed by atoms with Gasteiger partial charge in [0.2, 0.25) is 5.16 Å². The second kappa shape index (κ2) is 6.43. The first-order valence-corrected chi connectivity index (χ1v) is 8.13. The molecule has 0 saturated heterocycles. The maximum atomic E-state index is 6.37. The predicted molar refractivity (Wildman–Crippen MR) is 89.7 cm³/mol. The molecular formula is C15H17N5O2S. The molecule has 0 aliphatic rings. The smallest absolute Gasteiger partial charge is 0.255 e. The van der Waals surface area contributed by atoms with Gasteiger partial charge >= 0.3 is 0 Å². The van der Waals surface area contributed by atoms with Gasteiger partial charge in [0.1, 0.15) is 11.6 Å². The standard InChI is InChI=1S/C15H17N5O2S/c1-21-8-10-12(9-6-4-5-7-11(9)22-2)13(16)20-14(17-10)18-15(19-20)23-3/h4-7H,8,16H2,1-3H3. The van der Waals surface area contributed by atoms with Crippen molar-refractivity contribution in [1.29, 1.82) is 0 Å². The van der Waals surface area contributed by atoms with Gasteiger partial charge in [0.25, 0.3) is 5.78 Å². The fourth-order valence-corrected chi connectivity index (χ4v) is 2.76. The van der Waals surface area contributed by atoms with Gasteiger partial charge in [0, 0.05) is 12.7 Å². The van der Waals surface area contributed by atoms with E-state index in [-0.39, 0.29) is 0 Å². The molecule has 0 amide bonds. The minimum absolute atomic E-state index is 0.315.